The van der Waals surface area contributed by atoms with Gasteiger partial charge in [0.05, 0.1) is 10.7 Å². The highest BCUT2D eigenvalue weighted by atomic mass is 35.5. The van der Waals surface area contributed by atoms with Crippen molar-refractivity contribution in [2.24, 2.45) is 0 Å². The fourth-order valence-electron chi connectivity index (χ4n) is 3.26. The summed E-state index contributed by atoms with van der Waals surface area (Å²) in [7, 11) is 0. The van der Waals surface area contributed by atoms with E-state index < -0.39 is 0 Å². The molecule has 2 nitrogen and oxygen atoms in total. The highest BCUT2D eigenvalue weighted by Gasteiger charge is 2.38. The lowest BCUT2D eigenvalue weighted by atomic mass is 9.96. The second-order valence-corrected chi connectivity index (χ2v) is 5.38. The van der Waals surface area contributed by atoms with Gasteiger partial charge in [0.25, 0.3) is 0 Å². The molecule has 0 radical (unpaired) electrons. The average molecular weight is 249 g/mol. The van der Waals surface area contributed by atoms with Gasteiger partial charge in [-0.05, 0) is 38.7 Å². The van der Waals surface area contributed by atoms with Crippen LogP contribution in [0.5, 0.6) is 0 Å². The van der Waals surface area contributed by atoms with Gasteiger partial charge in [0.15, 0.2) is 0 Å². The van der Waals surface area contributed by atoms with Crippen molar-refractivity contribution in [2.75, 3.05) is 4.90 Å². The largest absolute Gasteiger partial charge is 0.364 e. The fourth-order valence-corrected chi connectivity index (χ4v) is 3.47. The zero-order chi connectivity index (χ0) is 11.8. The van der Waals surface area contributed by atoms with Gasteiger partial charge in [0.2, 0.25) is 0 Å². The van der Waals surface area contributed by atoms with Crippen LogP contribution in [0.4, 0.5) is 5.69 Å². The first kappa shape index (κ1) is 11.1. The van der Waals surface area contributed by atoms with Crippen molar-refractivity contribution in [1.82, 2.24) is 4.98 Å². The molecule has 1 aromatic heterocycles. The van der Waals surface area contributed by atoms with Gasteiger partial charge in [-0.2, -0.15) is 0 Å². The van der Waals surface area contributed by atoms with Crippen LogP contribution in [0.15, 0.2) is 30.1 Å². The van der Waals surface area contributed by atoms with Gasteiger partial charge in [-0.25, -0.2) is 0 Å². The highest BCUT2D eigenvalue weighted by Crippen LogP contribution is 2.43. The van der Waals surface area contributed by atoms with E-state index >= 15 is 0 Å². The fraction of sp³-hybridized carbons (Fsp3) is 0.500. The number of pyridine rings is 1. The van der Waals surface area contributed by atoms with E-state index in [1.165, 1.54) is 31.4 Å². The molecule has 0 aliphatic carbocycles. The number of rotatable bonds is 1. The molecule has 2 atom stereocenters. The summed E-state index contributed by atoms with van der Waals surface area (Å²) in [6.45, 7) is 2.16. The van der Waals surface area contributed by atoms with Crippen LogP contribution >= 0.6 is 11.6 Å². The maximum atomic E-state index is 6.27. The third-order valence-electron chi connectivity index (χ3n) is 4.05. The summed E-state index contributed by atoms with van der Waals surface area (Å²) in [5.41, 5.74) is 2.78. The van der Waals surface area contributed by atoms with Crippen LogP contribution in [-0.2, 0) is 0 Å². The molecule has 0 aromatic carbocycles. The van der Waals surface area contributed by atoms with Crippen LogP contribution in [0, 0.1) is 0 Å². The lowest BCUT2D eigenvalue weighted by Gasteiger charge is -2.38. The molecular weight excluding hydrogens is 232 g/mol. The van der Waals surface area contributed by atoms with Crippen molar-refractivity contribution in [2.45, 2.75) is 44.7 Å². The Labute approximate surface area is 107 Å². The molecule has 2 bridgehead atoms. The SMILES string of the molecule is CC=C1CC2CCC(C1)N2c1ccncc1Cl. The molecule has 2 aliphatic rings. The molecule has 0 spiro atoms. The standard InChI is InChI=1S/C14H17ClN2/c1-2-10-7-11-3-4-12(8-10)17(11)14-5-6-16-9-13(14)15/h2,5-6,9,11-12H,3-4,7-8H2,1H3. The lowest BCUT2D eigenvalue weighted by Crippen LogP contribution is -2.40. The average Bonchev–Trinajstić information content (AvgIpc) is 2.60. The molecule has 90 valence electrons. The minimum atomic E-state index is 0.639. The van der Waals surface area contributed by atoms with E-state index in [0.29, 0.717) is 12.1 Å². The Morgan fingerprint density at radius 3 is 2.65 bits per heavy atom. The number of hydrogen-bond acceptors (Lipinski definition) is 2. The Kier molecular flexibility index (Phi) is 2.83. The summed E-state index contributed by atoms with van der Waals surface area (Å²) < 4.78 is 0. The molecule has 0 saturated carbocycles. The topological polar surface area (TPSA) is 16.1 Å². The Hall–Kier alpha value is -1.02. The van der Waals surface area contributed by atoms with Crippen LogP contribution in [0.3, 0.4) is 0 Å². The van der Waals surface area contributed by atoms with Crippen molar-refractivity contribution < 1.29 is 0 Å². The van der Waals surface area contributed by atoms with Gasteiger partial charge >= 0.3 is 0 Å². The molecule has 3 heterocycles. The van der Waals surface area contributed by atoms with E-state index in [-0.39, 0.29) is 0 Å². The van der Waals surface area contributed by atoms with Crippen molar-refractivity contribution in [3.63, 3.8) is 0 Å². The van der Waals surface area contributed by atoms with Crippen LogP contribution in [0.2, 0.25) is 5.02 Å². The van der Waals surface area contributed by atoms with E-state index in [9.17, 15) is 0 Å². The van der Waals surface area contributed by atoms with Crippen LogP contribution < -0.4 is 4.90 Å². The van der Waals surface area contributed by atoms with Crippen LogP contribution in [0.1, 0.15) is 32.6 Å². The number of halogens is 1. The number of hydrogen-bond donors (Lipinski definition) is 0. The Bertz CT molecular complexity index is 439. The molecule has 0 N–H and O–H groups in total. The number of allylic oxidation sites excluding steroid dienone is 1. The van der Waals surface area contributed by atoms with Crippen molar-refractivity contribution in [1.29, 1.82) is 0 Å². The van der Waals surface area contributed by atoms with Gasteiger partial charge in [0.1, 0.15) is 0 Å². The first-order chi connectivity index (χ1) is 8.29. The van der Waals surface area contributed by atoms with Crippen LogP contribution in [0.25, 0.3) is 0 Å². The molecule has 2 fully saturated rings. The predicted molar refractivity (Wildman–Crippen MR) is 71.5 cm³/mol. The maximum absolute atomic E-state index is 6.27. The van der Waals surface area contributed by atoms with E-state index in [1.54, 1.807) is 11.8 Å². The molecule has 2 unspecified atom stereocenters. The molecule has 0 amide bonds. The normalized spacial score (nSPS) is 27.4. The Morgan fingerprint density at radius 2 is 2.06 bits per heavy atom. The van der Waals surface area contributed by atoms with E-state index in [0.717, 1.165) is 5.02 Å². The number of aromatic nitrogens is 1. The zero-order valence-corrected chi connectivity index (χ0v) is 10.8. The quantitative estimate of drug-likeness (QED) is 0.703. The third kappa shape index (κ3) is 1.85. The summed E-state index contributed by atoms with van der Waals surface area (Å²) in [5.74, 6) is 0. The van der Waals surface area contributed by atoms with Gasteiger partial charge in [-0.1, -0.05) is 23.3 Å². The molecule has 2 aliphatic heterocycles. The van der Waals surface area contributed by atoms with Gasteiger partial charge < -0.3 is 4.90 Å². The molecule has 17 heavy (non-hydrogen) atoms. The van der Waals surface area contributed by atoms with E-state index in [1.807, 2.05) is 12.3 Å². The highest BCUT2D eigenvalue weighted by molar-refractivity contribution is 6.33. The summed E-state index contributed by atoms with van der Waals surface area (Å²) in [6.07, 6.45) is 10.9. The molecule has 2 saturated heterocycles. The molecule has 1 aromatic rings. The summed E-state index contributed by atoms with van der Waals surface area (Å²) >= 11 is 6.27. The number of nitrogens with zero attached hydrogens (tertiary/aromatic N) is 2. The number of anilines is 1. The predicted octanol–water partition coefficient (Wildman–Crippen LogP) is 3.81. The van der Waals surface area contributed by atoms with Gasteiger partial charge in [-0.15, -0.1) is 0 Å². The zero-order valence-electron chi connectivity index (χ0n) is 10.1. The monoisotopic (exact) mass is 248 g/mol. The maximum Gasteiger partial charge on any atom is 0.0822 e. The number of fused-ring (bicyclic) bond motifs is 2. The van der Waals surface area contributed by atoms with E-state index in [4.69, 9.17) is 11.6 Å². The second-order valence-electron chi connectivity index (χ2n) is 4.97. The van der Waals surface area contributed by atoms with Crippen LogP contribution in [-0.4, -0.2) is 17.1 Å². The smallest absolute Gasteiger partial charge is 0.0822 e. The first-order valence-electron chi connectivity index (χ1n) is 6.31. The Morgan fingerprint density at radius 1 is 1.35 bits per heavy atom. The van der Waals surface area contributed by atoms with Crippen molar-refractivity contribution >= 4 is 17.3 Å². The van der Waals surface area contributed by atoms with Crippen molar-refractivity contribution in [3.8, 4) is 0 Å². The minimum absolute atomic E-state index is 0.639. The summed E-state index contributed by atoms with van der Waals surface area (Å²) in [6, 6.07) is 3.33. The first-order valence-corrected chi connectivity index (χ1v) is 6.69. The van der Waals surface area contributed by atoms with Crippen molar-refractivity contribution in [3.05, 3.63) is 35.1 Å². The lowest BCUT2D eigenvalue weighted by molar-refractivity contribution is 0.549. The summed E-state index contributed by atoms with van der Waals surface area (Å²) in [5, 5.41) is 0.785. The second kappa shape index (κ2) is 4.34. The van der Waals surface area contributed by atoms with E-state index in [2.05, 4.69) is 22.9 Å². The third-order valence-corrected chi connectivity index (χ3v) is 4.34. The Balaban J connectivity index is 1.94. The van der Waals surface area contributed by atoms with Gasteiger partial charge in [0, 0.05) is 24.5 Å². The minimum Gasteiger partial charge on any atom is -0.364 e. The van der Waals surface area contributed by atoms with Gasteiger partial charge in [-0.3, -0.25) is 4.98 Å². The summed E-state index contributed by atoms with van der Waals surface area (Å²) in [4.78, 5) is 6.60. The number of piperidine rings is 1. The molecule has 3 heteroatoms. The molecular formula is C14H17ClN2. The molecule has 3 rings (SSSR count).